The largest absolute Gasteiger partial charge is 0.379 e. The Morgan fingerprint density at radius 3 is 2.49 bits per heavy atom. The number of hydrogen-bond acceptors (Lipinski definition) is 4. The van der Waals surface area contributed by atoms with Crippen molar-refractivity contribution < 1.29 is 14.3 Å². The molecular formula is C29H33N3O3. The summed E-state index contributed by atoms with van der Waals surface area (Å²) in [6.07, 6.45) is 1.64. The molecular weight excluding hydrogens is 438 g/mol. The number of amides is 2. The Balaban J connectivity index is 1.21. The number of carbonyl (C=O) groups is 2. The van der Waals surface area contributed by atoms with Crippen LogP contribution in [-0.2, 0) is 22.6 Å². The Labute approximate surface area is 206 Å². The highest BCUT2D eigenvalue weighted by atomic mass is 16.5. The Hall–Kier alpha value is -3.22. The molecule has 0 saturated carbocycles. The van der Waals surface area contributed by atoms with E-state index in [2.05, 4.69) is 28.4 Å². The molecule has 2 saturated heterocycles. The van der Waals surface area contributed by atoms with E-state index < -0.39 is 0 Å². The lowest BCUT2D eigenvalue weighted by Crippen LogP contribution is -2.45. The second kappa shape index (κ2) is 11.0. The number of nitrogens with one attached hydrogen (secondary N) is 1. The van der Waals surface area contributed by atoms with Crippen molar-refractivity contribution in [2.45, 2.75) is 25.9 Å². The highest BCUT2D eigenvalue weighted by Crippen LogP contribution is 2.24. The lowest BCUT2D eigenvalue weighted by Gasteiger charge is -2.32. The van der Waals surface area contributed by atoms with Crippen LogP contribution in [-0.4, -0.2) is 61.0 Å². The molecule has 0 bridgehead atoms. The number of morpholine rings is 1. The summed E-state index contributed by atoms with van der Waals surface area (Å²) in [4.78, 5) is 30.7. The maximum absolute atomic E-state index is 13.4. The highest BCUT2D eigenvalue weighted by molar-refractivity contribution is 6.07. The number of likely N-dealkylation sites (tertiary alicyclic amines) is 1. The van der Waals surface area contributed by atoms with Gasteiger partial charge >= 0.3 is 0 Å². The summed E-state index contributed by atoms with van der Waals surface area (Å²) in [6, 6.07) is 22.1. The normalized spacial score (nSPS) is 19.0. The quantitative estimate of drug-likeness (QED) is 0.594. The first-order chi connectivity index (χ1) is 17.2. The van der Waals surface area contributed by atoms with Crippen LogP contribution in [0.1, 0.15) is 34.3 Å². The first-order valence-corrected chi connectivity index (χ1v) is 12.6. The molecule has 5 rings (SSSR count). The van der Waals surface area contributed by atoms with Crippen molar-refractivity contribution in [3.05, 3.63) is 83.4 Å². The van der Waals surface area contributed by atoms with E-state index in [1.54, 1.807) is 0 Å². The molecule has 2 amide bonds. The van der Waals surface area contributed by atoms with E-state index >= 15 is 0 Å². The Morgan fingerprint density at radius 2 is 1.63 bits per heavy atom. The predicted molar refractivity (Wildman–Crippen MR) is 137 cm³/mol. The van der Waals surface area contributed by atoms with Crippen LogP contribution >= 0.6 is 0 Å². The first kappa shape index (κ1) is 23.5. The molecule has 6 heteroatoms. The molecule has 3 aromatic rings. The summed E-state index contributed by atoms with van der Waals surface area (Å²) < 4.78 is 5.46. The Kier molecular flexibility index (Phi) is 7.40. The Bertz CT molecular complexity index is 1180. The first-order valence-electron chi connectivity index (χ1n) is 12.6. The number of piperidine rings is 1. The fourth-order valence-corrected chi connectivity index (χ4v) is 5.17. The van der Waals surface area contributed by atoms with Crippen molar-refractivity contribution in [1.29, 1.82) is 0 Å². The van der Waals surface area contributed by atoms with Crippen LogP contribution in [0.15, 0.2) is 66.7 Å². The van der Waals surface area contributed by atoms with Crippen LogP contribution in [0.3, 0.4) is 0 Å². The molecule has 2 fully saturated rings. The minimum Gasteiger partial charge on any atom is -0.379 e. The van der Waals surface area contributed by atoms with Crippen molar-refractivity contribution in [1.82, 2.24) is 15.1 Å². The van der Waals surface area contributed by atoms with E-state index in [1.165, 1.54) is 5.56 Å². The second-order valence-corrected chi connectivity index (χ2v) is 9.49. The van der Waals surface area contributed by atoms with E-state index in [4.69, 9.17) is 4.74 Å². The van der Waals surface area contributed by atoms with Gasteiger partial charge in [-0.25, -0.2) is 0 Å². The molecule has 1 atom stereocenters. The van der Waals surface area contributed by atoms with Gasteiger partial charge in [-0.15, -0.1) is 0 Å². The molecule has 0 aliphatic carbocycles. The third-order valence-corrected chi connectivity index (χ3v) is 7.17. The SMILES string of the molecule is O=C(NCc1ccccc1CN1CCOCC1)C1CCCN(C(=O)c2cccc3ccccc23)C1. The van der Waals surface area contributed by atoms with Crippen LogP contribution < -0.4 is 5.32 Å². The van der Waals surface area contributed by atoms with Crippen molar-refractivity contribution in [3.8, 4) is 0 Å². The number of fused-ring (bicyclic) bond motifs is 1. The number of nitrogens with zero attached hydrogens (tertiary/aromatic N) is 2. The van der Waals surface area contributed by atoms with Crippen molar-refractivity contribution in [2.75, 3.05) is 39.4 Å². The molecule has 2 aliphatic heterocycles. The van der Waals surface area contributed by atoms with E-state index in [9.17, 15) is 9.59 Å². The van der Waals surface area contributed by atoms with Crippen LogP contribution in [0.5, 0.6) is 0 Å². The molecule has 0 aromatic heterocycles. The summed E-state index contributed by atoms with van der Waals surface area (Å²) >= 11 is 0. The van der Waals surface area contributed by atoms with E-state index in [-0.39, 0.29) is 17.7 Å². The Morgan fingerprint density at radius 1 is 0.886 bits per heavy atom. The monoisotopic (exact) mass is 471 g/mol. The fraction of sp³-hybridized carbons (Fsp3) is 0.379. The van der Waals surface area contributed by atoms with Gasteiger partial charge in [0.15, 0.2) is 0 Å². The summed E-state index contributed by atoms with van der Waals surface area (Å²) in [5, 5.41) is 5.17. The number of hydrogen-bond donors (Lipinski definition) is 1. The molecule has 0 spiro atoms. The lowest BCUT2D eigenvalue weighted by molar-refractivity contribution is -0.126. The van der Waals surface area contributed by atoms with Gasteiger partial charge in [0.25, 0.3) is 5.91 Å². The minimum absolute atomic E-state index is 0.00940. The molecule has 3 aromatic carbocycles. The number of benzene rings is 3. The zero-order chi connectivity index (χ0) is 24.0. The topological polar surface area (TPSA) is 61.9 Å². The van der Waals surface area contributed by atoms with Gasteiger partial charge in [-0.2, -0.15) is 0 Å². The molecule has 1 N–H and O–H groups in total. The molecule has 2 heterocycles. The fourth-order valence-electron chi connectivity index (χ4n) is 5.17. The molecule has 6 nitrogen and oxygen atoms in total. The lowest BCUT2D eigenvalue weighted by atomic mass is 9.95. The summed E-state index contributed by atoms with van der Waals surface area (Å²) in [6.45, 7) is 5.94. The summed E-state index contributed by atoms with van der Waals surface area (Å²) in [7, 11) is 0. The highest BCUT2D eigenvalue weighted by Gasteiger charge is 2.29. The van der Waals surface area contributed by atoms with Crippen molar-refractivity contribution >= 4 is 22.6 Å². The molecule has 35 heavy (non-hydrogen) atoms. The van der Waals surface area contributed by atoms with Gasteiger partial charge in [0.05, 0.1) is 19.1 Å². The molecule has 2 aliphatic rings. The minimum atomic E-state index is -0.186. The van der Waals surface area contributed by atoms with Gasteiger partial charge in [0.1, 0.15) is 0 Å². The van der Waals surface area contributed by atoms with Crippen LogP contribution in [0.25, 0.3) is 10.8 Å². The van der Waals surface area contributed by atoms with Crippen LogP contribution in [0, 0.1) is 5.92 Å². The smallest absolute Gasteiger partial charge is 0.254 e. The average molecular weight is 472 g/mol. The third kappa shape index (κ3) is 5.55. The van der Waals surface area contributed by atoms with Gasteiger partial charge in [-0.1, -0.05) is 60.7 Å². The second-order valence-electron chi connectivity index (χ2n) is 9.49. The van der Waals surface area contributed by atoms with Gasteiger partial charge in [0, 0.05) is 44.8 Å². The van der Waals surface area contributed by atoms with Gasteiger partial charge in [0.2, 0.25) is 5.91 Å². The number of ether oxygens (including phenoxy) is 1. The van der Waals surface area contributed by atoms with Crippen molar-refractivity contribution in [2.24, 2.45) is 5.92 Å². The summed E-state index contributed by atoms with van der Waals surface area (Å²) in [5.74, 6) is -0.147. The van der Waals surface area contributed by atoms with Crippen LogP contribution in [0.2, 0.25) is 0 Å². The van der Waals surface area contributed by atoms with E-state index in [0.717, 1.165) is 62.0 Å². The number of carbonyl (C=O) groups excluding carboxylic acids is 2. The standard InChI is InChI=1S/C29H33N3O3/c33-28(30-19-23-8-1-2-9-24(23)20-31-15-17-35-18-16-31)25-11-6-14-32(21-25)29(34)27-13-5-10-22-7-3-4-12-26(22)27/h1-5,7-10,12-13,25H,6,11,14-21H2,(H,30,33). The predicted octanol–water partition coefficient (Wildman–Crippen LogP) is 3.84. The maximum atomic E-state index is 13.4. The van der Waals surface area contributed by atoms with Gasteiger partial charge in [-0.3, -0.25) is 14.5 Å². The van der Waals surface area contributed by atoms with E-state index in [1.807, 2.05) is 53.4 Å². The van der Waals surface area contributed by atoms with E-state index in [0.29, 0.717) is 25.2 Å². The zero-order valence-electron chi connectivity index (χ0n) is 20.1. The third-order valence-electron chi connectivity index (χ3n) is 7.17. The average Bonchev–Trinajstić information content (AvgIpc) is 2.92. The molecule has 182 valence electrons. The van der Waals surface area contributed by atoms with Crippen LogP contribution in [0.4, 0.5) is 0 Å². The van der Waals surface area contributed by atoms with Crippen molar-refractivity contribution in [3.63, 3.8) is 0 Å². The number of rotatable bonds is 6. The maximum Gasteiger partial charge on any atom is 0.254 e. The van der Waals surface area contributed by atoms with Gasteiger partial charge < -0.3 is 15.0 Å². The van der Waals surface area contributed by atoms with Gasteiger partial charge in [-0.05, 0) is 40.8 Å². The molecule has 1 unspecified atom stereocenters. The zero-order valence-corrected chi connectivity index (χ0v) is 20.1. The molecule has 0 radical (unpaired) electrons. The summed E-state index contributed by atoms with van der Waals surface area (Å²) in [5.41, 5.74) is 3.10.